The highest BCUT2D eigenvalue weighted by atomic mass is 16.7. The van der Waals surface area contributed by atoms with E-state index in [0.29, 0.717) is 49.7 Å². The van der Waals surface area contributed by atoms with Crippen LogP contribution in [0.5, 0.6) is 11.5 Å². The van der Waals surface area contributed by atoms with Crippen molar-refractivity contribution >= 4 is 17.7 Å². The van der Waals surface area contributed by atoms with Crippen LogP contribution in [0.1, 0.15) is 25.3 Å². The van der Waals surface area contributed by atoms with Crippen LogP contribution in [0, 0.1) is 5.41 Å². The summed E-state index contributed by atoms with van der Waals surface area (Å²) in [6.45, 7) is 3.21. The molecule has 4 rings (SSSR count). The minimum atomic E-state index is -0.748. The summed E-state index contributed by atoms with van der Waals surface area (Å²) in [5.74, 6) is 1.03. The predicted octanol–water partition coefficient (Wildman–Crippen LogP) is 3.84. The van der Waals surface area contributed by atoms with Crippen molar-refractivity contribution in [1.29, 1.82) is 0 Å². The molecule has 0 bridgehead atoms. The molecule has 2 amide bonds. The number of esters is 1. The van der Waals surface area contributed by atoms with E-state index >= 15 is 0 Å². The number of carbonyl (C=O) groups is 2. The number of hydrogen-bond acceptors (Lipinski definition) is 5. The number of ether oxygens (including phenoxy) is 3. The normalized spacial score (nSPS) is 20.0. The number of nitrogens with zero attached hydrogens (tertiary/aromatic N) is 1. The molecule has 0 spiro atoms. The number of anilines is 1. The van der Waals surface area contributed by atoms with Gasteiger partial charge in [-0.25, -0.2) is 4.79 Å². The molecule has 1 atom stereocenters. The van der Waals surface area contributed by atoms with Crippen molar-refractivity contribution in [3.63, 3.8) is 0 Å². The van der Waals surface area contributed by atoms with Crippen molar-refractivity contribution in [2.75, 3.05) is 31.8 Å². The lowest BCUT2D eigenvalue weighted by atomic mass is 9.75. The number of hydrogen-bond donors (Lipinski definition) is 1. The van der Waals surface area contributed by atoms with Gasteiger partial charge in [0.05, 0.1) is 12.0 Å². The lowest BCUT2D eigenvalue weighted by molar-refractivity contribution is -0.158. The number of carbonyl (C=O) groups excluding carboxylic acids is 2. The van der Waals surface area contributed by atoms with Crippen molar-refractivity contribution in [3.05, 3.63) is 54.1 Å². The molecule has 0 aromatic heterocycles. The van der Waals surface area contributed by atoms with E-state index < -0.39 is 5.41 Å². The van der Waals surface area contributed by atoms with Gasteiger partial charge in [-0.15, -0.1) is 0 Å². The Labute approximate surface area is 175 Å². The maximum absolute atomic E-state index is 13.0. The average molecular weight is 410 g/mol. The molecule has 30 heavy (non-hydrogen) atoms. The molecule has 2 aliphatic rings. The number of likely N-dealkylation sites (tertiary alicyclic amines) is 1. The molecule has 2 aromatic carbocycles. The van der Waals surface area contributed by atoms with Gasteiger partial charge in [0.2, 0.25) is 6.79 Å². The molecule has 7 heteroatoms. The minimum Gasteiger partial charge on any atom is -0.466 e. The number of urea groups is 1. The molecule has 1 fully saturated rings. The topological polar surface area (TPSA) is 77.1 Å². The fraction of sp³-hybridized carbons (Fsp3) is 0.391. The van der Waals surface area contributed by atoms with E-state index in [1.54, 1.807) is 30.0 Å². The van der Waals surface area contributed by atoms with Gasteiger partial charge in [0, 0.05) is 24.8 Å². The van der Waals surface area contributed by atoms with Crippen LogP contribution in [0.15, 0.2) is 48.5 Å². The lowest BCUT2D eigenvalue weighted by Gasteiger charge is -2.41. The number of piperidine rings is 1. The zero-order valence-corrected chi connectivity index (χ0v) is 17.1. The van der Waals surface area contributed by atoms with Crippen molar-refractivity contribution in [2.45, 2.75) is 26.2 Å². The van der Waals surface area contributed by atoms with Gasteiger partial charge >= 0.3 is 12.0 Å². The standard InChI is InChI=1S/C23H26N2O5/c1-2-28-21(26)23(14-17-7-4-3-5-8-17)11-6-12-25(15-23)22(27)24-18-9-10-19-20(13-18)30-16-29-19/h3-5,7-10,13H,2,6,11-12,14-16H2,1H3,(H,24,27)/t23-/m0/s1. The molecule has 0 unspecified atom stereocenters. The number of amides is 2. The molecule has 2 heterocycles. The van der Waals surface area contributed by atoms with Crippen molar-refractivity contribution in [1.82, 2.24) is 4.90 Å². The first-order valence-corrected chi connectivity index (χ1v) is 10.3. The van der Waals surface area contributed by atoms with E-state index in [9.17, 15) is 9.59 Å². The van der Waals surface area contributed by atoms with E-state index in [2.05, 4.69) is 5.32 Å². The Morgan fingerprint density at radius 1 is 1.13 bits per heavy atom. The Bertz CT molecular complexity index is 917. The van der Waals surface area contributed by atoms with Gasteiger partial charge in [0.15, 0.2) is 11.5 Å². The first-order chi connectivity index (χ1) is 14.6. The third-order valence-corrected chi connectivity index (χ3v) is 5.58. The number of fused-ring (bicyclic) bond motifs is 1. The fourth-order valence-corrected chi connectivity index (χ4v) is 4.14. The first kappa shape index (κ1) is 20.1. The molecule has 0 aliphatic carbocycles. The summed E-state index contributed by atoms with van der Waals surface area (Å²) in [4.78, 5) is 27.6. The van der Waals surface area contributed by atoms with Crippen LogP contribution < -0.4 is 14.8 Å². The molecule has 0 saturated carbocycles. The zero-order valence-electron chi connectivity index (χ0n) is 17.1. The molecule has 158 valence electrons. The van der Waals surface area contributed by atoms with Crippen LogP contribution in [-0.4, -0.2) is 43.4 Å². The molecule has 2 aromatic rings. The summed E-state index contributed by atoms with van der Waals surface area (Å²) in [5.41, 5.74) is 0.935. The molecule has 7 nitrogen and oxygen atoms in total. The summed E-state index contributed by atoms with van der Waals surface area (Å²) in [6.07, 6.45) is 1.97. The largest absolute Gasteiger partial charge is 0.466 e. The first-order valence-electron chi connectivity index (χ1n) is 10.3. The summed E-state index contributed by atoms with van der Waals surface area (Å²) in [7, 11) is 0. The van der Waals surface area contributed by atoms with E-state index in [1.807, 2.05) is 30.3 Å². The van der Waals surface area contributed by atoms with Crippen LogP contribution in [-0.2, 0) is 16.0 Å². The highest BCUT2D eigenvalue weighted by molar-refractivity contribution is 5.90. The summed E-state index contributed by atoms with van der Waals surface area (Å²) >= 11 is 0. The monoisotopic (exact) mass is 410 g/mol. The van der Waals surface area contributed by atoms with Crippen LogP contribution >= 0.6 is 0 Å². The molecular weight excluding hydrogens is 384 g/mol. The third-order valence-electron chi connectivity index (χ3n) is 5.58. The van der Waals surface area contributed by atoms with Gasteiger partial charge < -0.3 is 24.4 Å². The molecule has 1 N–H and O–H groups in total. The SMILES string of the molecule is CCOC(=O)[C@]1(Cc2ccccc2)CCCN(C(=O)Nc2ccc3c(c2)OCO3)C1. The van der Waals surface area contributed by atoms with Gasteiger partial charge in [0.1, 0.15) is 0 Å². The van der Waals surface area contributed by atoms with Crippen LogP contribution in [0.2, 0.25) is 0 Å². The highest BCUT2D eigenvalue weighted by Gasteiger charge is 2.44. The van der Waals surface area contributed by atoms with E-state index in [1.165, 1.54) is 0 Å². The van der Waals surface area contributed by atoms with Gasteiger partial charge in [-0.2, -0.15) is 0 Å². The summed E-state index contributed by atoms with van der Waals surface area (Å²) in [5, 5.41) is 2.91. The smallest absolute Gasteiger partial charge is 0.321 e. The second-order valence-electron chi connectivity index (χ2n) is 7.69. The fourth-order valence-electron chi connectivity index (χ4n) is 4.14. The molecule has 0 radical (unpaired) electrons. The molecule has 2 aliphatic heterocycles. The van der Waals surface area contributed by atoms with Crippen LogP contribution in [0.25, 0.3) is 0 Å². The maximum Gasteiger partial charge on any atom is 0.321 e. The lowest BCUT2D eigenvalue weighted by Crippen LogP contribution is -2.52. The number of benzene rings is 2. The van der Waals surface area contributed by atoms with Crippen molar-refractivity contribution in [2.24, 2.45) is 5.41 Å². The Kier molecular flexibility index (Phi) is 5.79. The Morgan fingerprint density at radius 3 is 2.73 bits per heavy atom. The zero-order chi connectivity index (χ0) is 21.0. The third kappa shape index (κ3) is 4.20. The molecular formula is C23H26N2O5. The molecule has 1 saturated heterocycles. The Morgan fingerprint density at radius 2 is 1.93 bits per heavy atom. The van der Waals surface area contributed by atoms with Gasteiger partial charge in [-0.1, -0.05) is 30.3 Å². The van der Waals surface area contributed by atoms with E-state index in [-0.39, 0.29) is 18.8 Å². The van der Waals surface area contributed by atoms with Gasteiger partial charge in [-0.3, -0.25) is 4.79 Å². The minimum absolute atomic E-state index is 0.181. The second kappa shape index (κ2) is 8.65. The van der Waals surface area contributed by atoms with Crippen LogP contribution in [0.3, 0.4) is 0 Å². The highest BCUT2D eigenvalue weighted by Crippen LogP contribution is 2.37. The van der Waals surface area contributed by atoms with Crippen molar-refractivity contribution in [3.8, 4) is 11.5 Å². The quantitative estimate of drug-likeness (QED) is 0.758. The van der Waals surface area contributed by atoms with E-state index in [0.717, 1.165) is 12.0 Å². The second-order valence-corrected chi connectivity index (χ2v) is 7.69. The van der Waals surface area contributed by atoms with Crippen LogP contribution in [0.4, 0.5) is 10.5 Å². The Hall–Kier alpha value is -3.22. The number of rotatable bonds is 5. The van der Waals surface area contributed by atoms with Gasteiger partial charge in [-0.05, 0) is 43.9 Å². The summed E-state index contributed by atoms with van der Waals surface area (Å²) in [6, 6.07) is 14.9. The predicted molar refractivity (Wildman–Crippen MR) is 112 cm³/mol. The average Bonchev–Trinajstić information content (AvgIpc) is 3.23. The maximum atomic E-state index is 13.0. The van der Waals surface area contributed by atoms with E-state index in [4.69, 9.17) is 14.2 Å². The Balaban J connectivity index is 1.51. The van der Waals surface area contributed by atoms with Crippen molar-refractivity contribution < 1.29 is 23.8 Å². The van der Waals surface area contributed by atoms with Gasteiger partial charge in [0.25, 0.3) is 0 Å². The number of nitrogens with one attached hydrogen (secondary N) is 1. The summed E-state index contributed by atoms with van der Waals surface area (Å²) < 4.78 is 16.1.